The zero-order valence-corrected chi connectivity index (χ0v) is 13.0. The summed E-state index contributed by atoms with van der Waals surface area (Å²) in [6.07, 6.45) is 0. The standard InChI is InChI=1S/C14H23BrN2O/c1-4-17(5-2)8-9-18-14-7-6-12(11(3)16)10-13(14)15/h6-7,10-11H,4-5,8-9,16H2,1-3H3/t11-/m1/s1. The van der Waals surface area contributed by atoms with E-state index in [0.717, 1.165) is 35.4 Å². The van der Waals surface area contributed by atoms with Gasteiger partial charge in [0.2, 0.25) is 0 Å². The van der Waals surface area contributed by atoms with E-state index in [4.69, 9.17) is 10.5 Å². The van der Waals surface area contributed by atoms with Crippen molar-refractivity contribution in [1.29, 1.82) is 0 Å². The second-order valence-corrected chi connectivity index (χ2v) is 5.21. The molecule has 0 aliphatic carbocycles. The van der Waals surface area contributed by atoms with Crippen LogP contribution in [-0.4, -0.2) is 31.1 Å². The van der Waals surface area contributed by atoms with Gasteiger partial charge in [0.05, 0.1) is 4.47 Å². The zero-order chi connectivity index (χ0) is 13.5. The molecule has 0 saturated heterocycles. The molecule has 0 unspecified atom stereocenters. The van der Waals surface area contributed by atoms with Crippen molar-refractivity contribution in [2.24, 2.45) is 5.73 Å². The molecule has 0 heterocycles. The molecule has 0 radical (unpaired) electrons. The molecule has 1 atom stereocenters. The third-order valence-electron chi connectivity index (χ3n) is 3.04. The van der Waals surface area contributed by atoms with Gasteiger partial charge in [-0.05, 0) is 53.6 Å². The Morgan fingerprint density at radius 3 is 2.50 bits per heavy atom. The summed E-state index contributed by atoms with van der Waals surface area (Å²) in [7, 11) is 0. The molecule has 0 bridgehead atoms. The van der Waals surface area contributed by atoms with Crippen molar-refractivity contribution in [2.75, 3.05) is 26.2 Å². The van der Waals surface area contributed by atoms with Crippen LogP contribution < -0.4 is 10.5 Å². The Morgan fingerprint density at radius 2 is 2.00 bits per heavy atom. The summed E-state index contributed by atoms with van der Waals surface area (Å²) in [6, 6.07) is 6.07. The van der Waals surface area contributed by atoms with E-state index in [-0.39, 0.29) is 6.04 Å². The fourth-order valence-electron chi connectivity index (χ4n) is 1.74. The Balaban J connectivity index is 2.53. The summed E-state index contributed by atoms with van der Waals surface area (Å²) >= 11 is 3.52. The molecule has 0 aliphatic heterocycles. The number of benzene rings is 1. The lowest BCUT2D eigenvalue weighted by atomic mass is 10.1. The number of ether oxygens (including phenoxy) is 1. The van der Waals surface area contributed by atoms with Gasteiger partial charge in [0.25, 0.3) is 0 Å². The average Bonchev–Trinajstić information content (AvgIpc) is 2.36. The Kier molecular flexibility index (Phi) is 6.68. The molecule has 0 aromatic heterocycles. The summed E-state index contributed by atoms with van der Waals surface area (Å²) < 4.78 is 6.75. The van der Waals surface area contributed by atoms with Gasteiger partial charge >= 0.3 is 0 Å². The number of hydrogen-bond donors (Lipinski definition) is 1. The van der Waals surface area contributed by atoms with Gasteiger partial charge in [0, 0.05) is 12.6 Å². The first-order chi connectivity index (χ1) is 8.58. The monoisotopic (exact) mass is 314 g/mol. The average molecular weight is 315 g/mol. The van der Waals surface area contributed by atoms with Crippen molar-refractivity contribution in [2.45, 2.75) is 26.8 Å². The van der Waals surface area contributed by atoms with Gasteiger partial charge in [0.1, 0.15) is 12.4 Å². The highest BCUT2D eigenvalue weighted by Crippen LogP contribution is 2.27. The normalized spacial score (nSPS) is 12.8. The summed E-state index contributed by atoms with van der Waals surface area (Å²) in [5, 5.41) is 0. The molecule has 2 N–H and O–H groups in total. The van der Waals surface area contributed by atoms with E-state index in [9.17, 15) is 0 Å². The predicted molar refractivity (Wildman–Crippen MR) is 80.0 cm³/mol. The van der Waals surface area contributed by atoms with Crippen LogP contribution in [0.1, 0.15) is 32.4 Å². The maximum atomic E-state index is 5.84. The highest BCUT2D eigenvalue weighted by molar-refractivity contribution is 9.10. The topological polar surface area (TPSA) is 38.5 Å². The second kappa shape index (κ2) is 7.77. The SMILES string of the molecule is CCN(CC)CCOc1ccc([C@@H](C)N)cc1Br. The van der Waals surface area contributed by atoms with Crippen molar-refractivity contribution in [3.63, 3.8) is 0 Å². The highest BCUT2D eigenvalue weighted by atomic mass is 79.9. The van der Waals surface area contributed by atoms with E-state index in [0.29, 0.717) is 6.61 Å². The van der Waals surface area contributed by atoms with E-state index in [1.807, 2.05) is 25.1 Å². The Morgan fingerprint density at radius 1 is 1.33 bits per heavy atom. The number of likely N-dealkylation sites (N-methyl/N-ethyl adjacent to an activating group) is 1. The third-order valence-corrected chi connectivity index (χ3v) is 3.66. The quantitative estimate of drug-likeness (QED) is 0.840. The van der Waals surface area contributed by atoms with Crippen LogP contribution >= 0.6 is 15.9 Å². The first-order valence-corrected chi connectivity index (χ1v) is 7.28. The minimum atomic E-state index is 0.0472. The molecular weight excluding hydrogens is 292 g/mol. The van der Waals surface area contributed by atoms with Gasteiger partial charge in [-0.15, -0.1) is 0 Å². The molecule has 18 heavy (non-hydrogen) atoms. The van der Waals surface area contributed by atoms with Crippen molar-refractivity contribution in [1.82, 2.24) is 4.90 Å². The Labute approximate surface area is 118 Å². The van der Waals surface area contributed by atoms with Gasteiger partial charge in [-0.1, -0.05) is 19.9 Å². The first-order valence-electron chi connectivity index (χ1n) is 6.48. The molecule has 0 spiro atoms. The van der Waals surface area contributed by atoms with Crippen LogP contribution in [0.5, 0.6) is 5.75 Å². The van der Waals surface area contributed by atoms with Crippen LogP contribution in [-0.2, 0) is 0 Å². The van der Waals surface area contributed by atoms with Gasteiger partial charge in [-0.2, -0.15) is 0 Å². The number of hydrogen-bond acceptors (Lipinski definition) is 3. The molecule has 0 saturated carbocycles. The maximum Gasteiger partial charge on any atom is 0.133 e. The van der Waals surface area contributed by atoms with Crippen LogP contribution in [0.15, 0.2) is 22.7 Å². The minimum absolute atomic E-state index is 0.0472. The van der Waals surface area contributed by atoms with E-state index < -0.39 is 0 Å². The second-order valence-electron chi connectivity index (χ2n) is 4.35. The van der Waals surface area contributed by atoms with Crippen LogP contribution in [0.4, 0.5) is 0 Å². The largest absolute Gasteiger partial charge is 0.491 e. The van der Waals surface area contributed by atoms with Crippen LogP contribution in [0, 0.1) is 0 Å². The molecular formula is C14H23BrN2O. The number of rotatable bonds is 7. The number of nitrogens with two attached hydrogens (primary N) is 1. The van der Waals surface area contributed by atoms with Gasteiger partial charge in [-0.3, -0.25) is 0 Å². The maximum absolute atomic E-state index is 5.84. The molecule has 102 valence electrons. The van der Waals surface area contributed by atoms with Crippen molar-refractivity contribution < 1.29 is 4.74 Å². The fraction of sp³-hybridized carbons (Fsp3) is 0.571. The minimum Gasteiger partial charge on any atom is -0.491 e. The zero-order valence-electron chi connectivity index (χ0n) is 11.4. The van der Waals surface area contributed by atoms with Gasteiger partial charge < -0.3 is 15.4 Å². The third kappa shape index (κ3) is 4.59. The van der Waals surface area contributed by atoms with Gasteiger partial charge in [0.15, 0.2) is 0 Å². The molecule has 3 nitrogen and oxygen atoms in total. The van der Waals surface area contributed by atoms with Crippen molar-refractivity contribution in [3.05, 3.63) is 28.2 Å². The smallest absolute Gasteiger partial charge is 0.133 e. The highest BCUT2D eigenvalue weighted by Gasteiger charge is 2.06. The van der Waals surface area contributed by atoms with Crippen LogP contribution in [0.2, 0.25) is 0 Å². The van der Waals surface area contributed by atoms with E-state index in [1.54, 1.807) is 0 Å². The first kappa shape index (κ1) is 15.5. The van der Waals surface area contributed by atoms with E-state index in [1.165, 1.54) is 0 Å². The predicted octanol–water partition coefficient (Wildman–Crippen LogP) is 3.19. The molecule has 4 heteroatoms. The van der Waals surface area contributed by atoms with Crippen molar-refractivity contribution >= 4 is 15.9 Å². The van der Waals surface area contributed by atoms with E-state index >= 15 is 0 Å². The summed E-state index contributed by atoms with van der Waals surface area (Å²) in [6.45, 7) is 10.1. The number of nitrogens with zero attached hydrogens (tertiary/aromatic N) is 1. The summed E-state index contributed by atoms with van der Waals surface area (Å²) in [5.74, 6) is 0.881. The summed E-state index contributed by atoms with van der Waals surface area (Å²) in [4.78, 5) is 2.34. The molecule has 1 aromatic rings. The van der Waals surface area contributed by atoms with Gasteiger partial charge in [-0.25, -0.2) is 0 Å². The lowest BCUT2D eigenvalue weighted by Crippen LogP contribution is -2.27. The van der Waals surface area contributed by atoms with Crippen LogP contribution in [0.25, 0.3) is 0 Å². The molecule has 0 aliphatic rings. The molecule has 0 amide bonds. The Bertz CT molecular complexity index is 365. The van der Waals surface area contributed by atoms with Crippen LogP contribution in [0.3, 0.4) is 0 Å². The summed E-state index contributed by atoms with van der Waals surface area (Å²) in [5.41, 5.74) is 6.95. The lowest BCUT2D eigenvalue weighted by Gasteiger charge is -2.18. The fourth-order valence-corrected chi connectivity index (χ4v) is 2.25. The molecule has 1 aromatic carbocycles. The molecule has 0 fully saturated rings. The van der Waals surface area contributed by atoms with E-state index in [2.05, 4.69) is 34.7 Å². The Hall–Kier alpha value is -0.580. The molecule has 1 rings (SSSR count). The van der Waals surface area contributed by atoms with Crippen molar-refractivity contribution in [3.8, 4) is 5.75 Å². The lowest BCUT2D eigenvalue weighted by molar-refractivity contribution is 0.222. The number of halogens is 1.